The zero-order valence-corrected chi connectivity index (χ0v) is 18.8. The Morgan fingerprint density at radius 3 is 2.37 bits per heavy atom. The second-order valence-electron chi connectivity index (χ2n) is 7.99. The van der Waals surface area contributed by atoms with Crippen molar-refractivity contribution in [3.05, 3.63) is 57.8 Å². The quantitative estimate of drug-likeness (QED) is 0.595. The van der Waals surface area contributed by atoms with E-state index >= 15 is 0 Å². The van der Waals surface area contributed by atoms with E-state index in [9.17, 15) is 9.59 Å². The van der Waals surface area contributed by atoms with Crippen LogP contribution in [-0.2, 0) is 27.4 Å². The Bertz CT molecular complexity index is 815. The van der Waals surface area contributed by atoms with Gasteiger partial charge in [0.25, 0.3) is 0 Å². The molecule has 0 bridgehead atoms. The molecule has 0 aliphatic heterocycles. The van der Waals surface area contributed by atoms with E-state index in [0.29, 0.717) is 13.1 Å². The Hall–Kier alpha value is -2.18. The highest BCUT2D eigenvalue weighted by Gasteiger charge is 2.29. The maximum Gasteiger partial charge on any atom is 0.249 e. The van der Waals surface area contributed by atoms with Gasteiger partial charge in [-0.15, -0.1) is 11.3 Å². The van der Waals surface area contributed by atoms with Gasteiger partial charge in [0, 0.05) is 29.5 Å². The number of carbonyl (C=O) groups is 2. The van der Waals surface area contributed by atoms with Crippen molar-refractivity contribution < 1.29 is 14.3 Å². The molecule has 3 rings (SSSR count). The first-order chi connectivity index (χ1) is 14.6. The largest absolute Gasteiger partial charge is 0.375 e. The van der Waals surface area contributed by atoms with Crippen LogP contribution < -0.4 is 0 Å². The van der Waals surface area contributed by atoms with Gasteiger partial charge < -0.3 is 14.5 Å². The van der Waals surface area contributed by atoms with Gasteiger partial charge in [-0.25, -0.2) is 0 Å². The van der Waals surface area contributed by atoms with Crippen LogP contribution in [0.3, 0.4) is 0 Å². The SMILES string of the molecule is COCC(=O)N(CC(=O)N(Cc1ccccc1)Cc1ccc(C)s1)C1CCCCC1. The summed E-state index contributed by atoms with van der Waals surface area (Å²) in [4.78, 5) is 32.2. The summed E-state index contributed by atoms with van der Waals surface area (Å²) >= 11 is 1.71. The first-order valence-electron chi connectivity index (χ1n) is 10.7. The Kier molecular flexibility index (Phi) is 8.46. The molecule has 2 amide bonds. The molecule has 1 saturated carbocycles. The molecule has 0 saturated heterocycles. The number of benzene rings is 1. The van der Waals surface area contributed by atoms with Gasteiger partial charge in [-0.1, -0.05) is 49.6 Å². The van der Waals surface area contributed by atoms with Crippen molar-refractivity contribution in [1.82, 2.24) is 9.80 Å². The zero-order valence-electron chi connectivity index (χ0n) is 18.0. The minimum Gasteiger partial charge on any atom is -0.375 e. The first kappa shape index (κ1) is 22.5. The van der Waals surface area contributed by atoms with Crippen molar-refractivity contribution in [3.8, 4) is 0 Å². The summed E-state index contributed by atoms with van der Waals surface area (Å²) in [7, 11) is 1.53. The molecule has 5 nitrogen and oxygen atoms in total. The third kappa shape index (κ3) is 6.41. The molecule has 0 atom stereocenters. The van der Waals surface area contributed by atoms with E-state index in [1.54, 1.807) is 16.2 Å². The molecule has 1 aliphatic rings. The van der Waals surface area contributed by atoms with Crippen molar-refractivity contribution in [2.45, 2.75) is 58.2 Å². The van der Waals surface area contributed by atoms with Crippen LogP contribution in [-0.4, -0.2) is 47.9 Å². The summed E-state index contributed by atoms with van der Waals surface area (Å²) in [6.07, 6.45) is 5.35. The van der Waals surface area contributed by atoms with E-state index in [1.807, 2.05) is 35.2 Å². The molecule has 1 heterocycles. The highest BCUT2D eigenvalue weighted by molar-refractivity contribution is 7.11. The average molecular weight is 429 g/mol. The van der Waals surface area contributed by atoms with Crippen LogP contribution in [0.4, 0.5) is 0 Å². The second-order valence-corrected chi connectivity index (χ2v) is 9.37. The van der Waals surface area contributed by atoms with Gasteiger partial charge in [-0.2, -0.15) is 0 Å². The molecule has 1 fully saturated rings. The van der Waals surface area contributed by atoms with Crippen molar-refractivity contribution in [2.75, 3.05) is 20.3 Å². The highest BCUT2D eigenvalue weighted by Crippen LogP contribution is 2.24. The Morgan fingerprint density at radius 2 is 1.73 bits per heavy atom. The Balaban J connectivity index is 1.77. The monoisotopic (exact) mass is 428 g/mol. The Morgan fingerprint density at radius 1 is 1.00 bits per heavy atom. The second kappa shape index (κ2) is 11.3. The number of aryl methyl sites for hydroxylation is 1. The number of hydrogen-bond acceptors (Lipinski definition) is 4. The predicted octanol–water partition coefficient (Wildman–Crippen LogP) is 4.39. The van der Waals surface area contributed by atoms with E-state index < -0.39 is 0 Å². The van der Waals surface area contributed by atoms with Crippen LogP contribution in [0.2, 0.25) is 0 Å². The number of methoxy groups -OCH3 is 1. The van der Waals surface area contributed by atoms with Gasteiger partial charge in [-0.3, -0.25) is 9.59 Å². The molecule has 6 heteroatoms. The number of nitrogens with zero attached hydrogens (tertiary/aromatic N) is 2. The lowest BCUT2D eigenvalue weighted by atomic mass is 9.94. The summed E-state index contributed by atoms with van der Waals surface area (Å²) in [5.74, 6) is -0.107. The van der Waals surface area contributed by atoms with E-state index in [2.05, 4.69) is 19.1 Å². The lowest BCUT2D eigenvalue weighted by Gasteiger charge is -2.35. The molecule has 30 heavy (non-hydrogen) atoms. The lowest BCUT2D eigenvalue weighted by molar-refractivity contribution is -0.146. The third-order valence-corrected chi connectivity index (χ3v) is 6.61. The summed E-state index contributed by atoms with van der Waals surface area (Å²) in [6.45, 7) is 3.30. The summed E-state index contributed by atoms with van der Waals surface area (Å²) in [5, 5.41) is 0. The number of hydrogen-bond donors (Lipinski definition) is 0. The van der Waals surface area contributed by atoms with Gasteiger partial charge in [-0.05, 0) is 37.5 Å². The van der Waals surface area contributed by atoms with E-state index in [0.717, 1.165) is 36.1 Å². The summed E-state index contributed by atoms with van der Waals surface area (Å²) in [6, 6.07) is 14.3. The van der Waals surface area contributed by atoms with E-state index in [-0.39, 0.29) is 31.0 Å². The fourth-order valence-corrected chi connectivity index (χ4v) is 4.97. The molecule has 0 unspecified atom stereocenters. The first-order valence-corrected chi connectivity index (χ1v) is 11.5. The predicted molar refractivity (Wildman–Crippen MR) is 120 cm³/mol. The third-order valence-electron chi connectivity index (χ3n) is 5.62. The summed E-state index contributed by atoms with van der Waals surface area (Å²) < 4.78 is 5.10. The number of thiophene rings is 1. The van der Waals surface area contributed by atoms with Gasteiger partial charge >= 0.3 is 0 Å². The average Bonchev–Trinajstić information content (AvgIpc) is 3.17. The molecule has 0 radical (unpaired) electrons. The molecule has 1 aromatic heterocycles. The van der Waals surface area contributed by atoms with Gasteiger partial charge in [0.05, 0.1) is 6.54 Å². The minimum absolute atomic E-state index is 0.0140. The number of carbonyl (C=O) groups excluding carboxylic acids is 2. The topological polar surface area (TPSA) is 49.9 Å². The van der Waals surface area contributed by atoms with Crippen LogP contribution in [0.25, 0.3) is 0 Å². The molecular weight excluding hydrogens is 396 g/mol. The standard InChI is InChI=1S/C24H32N2O3S/c1-19-13-14-22(30-19)16-25(15-20-9-5-3-6-10-20)23(27)17-26(24(28)18-29-2)21-11-7-4-8-12-21/h3,5-6,9-10,13-14,21H,4,7-8,11-12,15-18H2,1-2H3. The number of amides is 2. The van der Waals surface area contributed by atoms with Crippen molar-refractivity contribution >= 4 is 23.2 Å². The molecule has 1 aliphatic carbocycles. The summed E-state index contributed by atoms with van der Waals surface area (Å²) in [5.41, 5.74) is 1.09. The fourth-order valence-electron chi connectivity index (χ4n) is 4.06. The van der Waals surface area contributed by atoms with Crippen LogP contribution in [0.5, 0.6) is 0 Å². The van der Waals surface area contributed by atoms with E-state index in [4.69, 9.17) is 4.74 Å². The number of rotatable bonds is 9. The highest BCUT2D eigenvalue weighted by atomic mass is 32.1. The van der Waals surface area contributed by atoms with Crippen LogP contribution in [0, 0.1) is 6.92 Å². The normalized spacial score (nSPS) is 14.5. The molecular formula is C24H32N2O3S. The van der Waals surface area contributed by atoms with Crippen molar-refractivity contribution in [2.24, 2.45) is 0 Å². The number of ether oxygens (including phenoxy) is 1. The van der Waals surface area contributed by atoms with Crippen molar-refractivity contribution in [3.63, 3.8) is 0 Å². The maximum absolute atomic E-state index is 13.4. The van der Waals surface area contributed by atoms with Gasteiger partial charge in [0.1, 0.15) is 13.2 Å². The van der Waals surface area contributed by atoms with E-state index in [1.165, 1.54) is 18.4 Å². The van der Waals surface area contributed by atoms with Crippen LogP contribution in [0.1, 0.15) is 47.4 Å². The maximum atomic E-state index is 13.4. The lowest BCUT2D eigenvalue weighted by Crippen LogP contribution is -2.49. The van der Waals surface area contributed by atoms with Crippen LogP contribution >= 0.6 is 11.3 Å². The Labute approximate surface area is 183 Å². The smallest absolute Gasteiger partial charge is 0.249 e. The zero-order chi connectivity index (χ0) is 21.3. The molecule has 2 aromatic rings. The fraction of sp³-hybridized carbons (Fsp3) is 0.500. The van der Waals surface area contributed by atoms with Gasteiger partial charge in [0.2, 0.25) is 11.8 Å². The minimum atomic E-state index is -0.0932. The van der Waals surface area contributed by atoms with Crippen LogP contribution in [0.15, 0.2) is 42.5 Å². The molecule has 162 valence electrons. The van der Waals surface area contributed by atoms with Gasteiger partial charge in [0.15, 0.2) is 0 Å². The molecule has 0 spiro atoms. The molecule has 1 aromatic carbocycles. The molecule has 0 N–H and O–H groups in total. The van der Waals surface area contributed by atoms with Crippen molar-refractivity contribution in [1.29, 1.82) is 0 Å².